The Balaban J connectivity index is 1.35. The summed E-state index contributed by atoms with van der Waals surface area (Å²) in [4.78, 5) is 17.1. The Morgan fingerprint density at radius 3 is 2.31 bits per heavy atom. The van der Waals surface area contributed by atoms with Crippen LogP contribution in [0.5, 0.6) is 11.5 Å². The van der Waals surface area contributed by atoms with Crippen LogP contribution < -0.4 is 20.1 Å². The molecular formula is C31H29F7N4O3. The molecule has 14 heteroatoms. The average Bonchev–Trinajstić information content (AvgIpc) is 3.28. The molecule has 240 valence electrons. The Labute approximate surface area is 253 Å². The minimum atomic E-state index is -4.86. The fourth-order valence-corrected chi connectivity index (χ4v) is 5.54. The molecule has 1 atom stereocenters. The minimum Gasteiger partial charge on any atom is -0.484 e. The molecule has 45 heavy (non-hydrogen) atoms. The fourth-order valence-electron chi connectivity index (χ4n) is 5.54. The number of amides is 1. The summed E-state index contributed by atoms with van der Waals surface area (Å²) in [5.74, 6) is -1.84. The number of fused-ring (bicyclic) bond motifs is 1. The van der Waals surface area contributed by atoms with Crippen molar-refractivity contribution in [1.29, 1.82) is 0 Å². The van der Waals surface area contributed by atoms with Gasteiger partial charge in [-0.2, -0.15) is 13.2 Å². The van der Waals surface area contributed by atoms with Gasteiger partial charge in [0, 0.05) is 23.5 Å². The standard InChI is InChI=1S/C31H29F7N4O3/c1-29(2)13-3-4-20(16-29)42-26-12-10-22(44-17-27(43)39-19-7-11-23(24(32)14-19)30(33,34)35)15-25(26)41-28(42)40-18-5-8-21(9-6-18)45-31(36,37)38/h5-12,14-15,20H,3-4,13,16-17H2,1-2H3,(H,39,43)(H,40,41). The van der Waals surface area contributed by atoms with Gasteiger partial charge in [0.2, 0.25) is 5.95 Å². The smallest absolute Gasteiger partial charge is 0.484 e. The van der Waals surface area contributed by atoms with Gasteiger partial charge in [-0.25, -0.2) is 9.37 Å². The molecule has 3 aromatic carbocycles. The first-order valence-corrected chi connectivity index (χ1v) is 14.0. The maximum absolute atomic E-state index is 13.9. The Morgan fingerprint density at radius 1 is 0.978 bits per heavy atom. The highest BCUT2D eigenvalue weighted by molar-refractivity contribution is 5.92. The molecule has 1 aromatic heterocycles. The van der Waals surface area contributed by atoms with E-state index in [4.69, 9.17) is 9.72 Å². The second kappa shape index (κ2) is 12.1. The number of halogens is 7. The summed E-state index contributed by atoms with van der Waals surface area (Å²) in [6, 6.07) is 12.5. The van der Waals surface area contributed by atoms with Crippen LogP contribution in [0.25, 0.3) is 11.0 Å². The molecule has 1 heterocycles. The number of alkyl halides is 6. The van der Waals surface area contributed by atoms with Gasteiger partial charge in [-0.1, -0.05) is 20.3 Å². The third-order valence-electron chi connectivity index (χ3n) is 7.48. The predicted octanol–water partition coefficient (Wildman–Crippen LogP) is 9.00. The number of carbonyl (C=O) groups is 1. The van der Waals surface area contributed by atoms with Crippen LogP contribution in [-0.4, -0.2) is 28.4 Å². The third-order valence-corrected chi connectivity index (χ3v) is 7.48. The molecule has 1 aliphatic rings. The minimum absolute atomic E-state index is 0.0794. The normalized spacial score (nSPS) is 16.8. The molecule has 2 N–H and O–H groups in total. The number of hydrogen-bond donors (Lipinski definition) is 2. The molecule has 7 nitrogen and oxygen atoms in total. The van der Waals surface area contributed by atoms with E-state index in [9.17, 15) is 35.5 Å². The molecule has 4 aromatic rings. The molecule has 0 aliphatic heterocycles. The number of nitrogens with zero attached hydrogens (tertiary/aromatic N) is 2. The molecule has 1 fully saturated rings. The number of nitrogens with one attached hydrogen (secondary N) is 2. The lowest BCUT2D eigenvalue weighted by Gasteiger charge is -2.36. The van der Waals surface area contributed by atoms with Crippen molar-refractivity contribution in [2.45, 2.75) is 58.1 Å². The molecule has 0 spiro atoms. The first kappa shape index (κ1) is 31.9. The Morgan fingerprint density at radius 2 is 1.67 bits per heavy atom. The predicted molar refractivity (Wildman–Crippen MR) is 153 cm³/mol. The zero-order valence-corrected chi connectivity index (χ0v) is 24.2. The largest absolute Gasteiger partial charge is 0.573 e. The first-order valence-electron chi connectivity index (χ1n) is 14.0. The van der Waals surface area contributed by atoms with Crippen LogP contribution in [0.1, 0.15) is 51.1 Å². The van der Waals surface area contributed by atoms with Crippen molar-refractivity contribution in [1.82, 2.24) is 9.55 Å². The number of imidazole rings is 1. The van der Waals surface area contributed by atoms with Crippen molar-refractivity contribution in [3.8, 4) is 11.5 Å². The molecule has 1 saturated carbocycles. The Kier molecular flexibility index (Phi) is 8.60. The van der Waals surface area contributed by atoms with Gasteiger partial charge in [-0.15, -0.1) is 13.2 Å². The molecule has 0 saturated heterocycles. The summed E-state index contributed by atoms with van der Waals surface area (Å²) in [7, 11) is 0. The fraction of sp³-hybridized carbons (Fsp3) is 0.355. The average molecular weight is 639 g/mol. The highest BCUT2D eigenvalue weighted by Crippen LogP contribution is 2.44. The summed E-state index contributed by atoms with van der Waals surface area (Å²) in [6.45, 7) is 3.88. The number of aromatic nitrogens is 2. The highest BCUT2D eigenvalue weighted by atomic mass is 19.4. The topological polar surface area (TPSA) is 77.4 Å². The van der Waals surface area contributed by atoms with Gasteiger partial charge >= 0.3 is 12.5 Å². The molecule has 0 radical (unpaired) electrons. The van der Waals surface area contributed by atoms with Gasteiger partial charge in [0.05, 0.1) is 16.6 Å². The highest BCUT2D eigenvalue weighted by Gasteiger charge is 2.34. The maximum Gasteiger partial charge on any atom is 0.573 e. The van der Waals surface area contributed by atoms with Crippen LogP contribution in [0.4, 0.5) is 48.1 Å². The maximum atomic E-state index is 13.9. The van der Waals surface area contributed by atoms with E-state index in [0.717, 1.165) is 37.3 Å². The van der Waals surface area contributed by atoms with E-state index in [0.29, 0.717) is 29.3 Å². The van der Waals surface area contributed by atoms with Crippen LogP contribution in [0.2, 0.25) is 0 Å². The monoisotopic (exact) mass is 638 g/mol. The second-order valence-electron chi connectivity index (χ2n) is 11.6. The lowest BCUT2D eigenvalue weighted by Crippen LogP contribution is -2.25. The summed E-state index contributed by atoms with van der Waals surface area (Å²) in [5, 5.41) is 5.50. The lowest BCUT2D eigenvalue weighted by atomic mass is 9.75. The van der Waals surface area contributed by atoms with E-state index in [1.54, 1.807) is 18.2 Å². The SMILES string of the molecule is CC1(C)CCCC(n2c(Nc3ccc(OC(F)(F)F)cc3)nc3cc(OCC(=O)Nc4ccc(C(F)(F)F)c(F)c4)ccc32)C1. The lowest BCUT2D eigenvalue weighted by molar-refractivity contribution is -0.274. The quantitative estimate of drug-likeness (QED) is 0.189. The van der Waals surface area contributed by atoms with Gasteiger partial charge in [-0.05, 0) is 79.3 Å². The van der Waals surface area contributed by atoms with Gasteiger partial charge < -0.3 is 24.7 Å². The van der Waals surface area contributed by atoms with Crippen molar-refractivity contribution < 1.29 is 45.0 Å². The van der Waals surface area contributed by atoms with Crippen molar-refractivity contribution in [2.24, 2.45) is 5.41 Å². The van der Waals surface area contributed by atoms with Crippen molar-refractivity contribution in [2.75, 3.05) is 17.2 Å². The summed E-state index contributed by atoms with van der Waals surface area (Å²) >= 11 is 0. The van der Waals surface area contributed by atoms with E-state index in [1.807, 2.05) is 0 Å². The number of carbonyl (C=O) groups excluding carboxylic acids is 1. The van der Waals surface area contributed by atoms with E-state index >= 15 is 0 Å². The Bertz CT molecular complexity index is 1680. The molecule has 1 aliphatic carbocycles. The van der Waals surface area contributed by atoms with Crippen LogP contribution in [0.15, 0.2) is 60.7 Å². The zero-order valence-electron chi connectivity index (χ0n) is 24.2. The molecule has 1 unspecified atom stereocenters. The van der Waals surface area contributed by atoms with Crippen molar-refractivity contribution >= 4 is 34.3 Å². The third kappa shape index (κ3) is 7.97. The van der Waals surface area contributed by atoms with Gasteiger partial charge in [0.1, 0.15) is 17.3 Å². The van der Waals surface area contributed by atoms with Crippen molar-refractivity contribution in [3.05, 3.63) is 72.0 Å². The number of hydrogen-bond acceptors (Lipinski definition) is 5. The molecule has 0 bridgehead atoms. The number of ether oxygens (including phenoxy) is 2. The van der Waals surface area contributed by atoms with Crippen LogP contribution in [0, 0.1) is 11.2 Å². The van der Waals surface area contributed by atoms with Crippen LogP contribution in [0.3, 0.4) is 0 Å². The number of benzene rings is 3. The molecule has 5 rings (SSSR count). The second-order valence-corrected chi connectivity index (χ2v) is 11.6. The summed E-state index contributed by atoms with van der Waals surface area (Å²) < 4.78 is 102. The summed E-state index contributed by atoms with van der Waals surface area (Å²) in [5.41, 5.74) is 0.272. The van der Waals surface area contributed by atoms with Gasteiger partial charge in [0.25, 0.3) is 5.91 Å². The number of anilines is 3. The van der Waals surface area contributed by atoms with E-state index in [1.165, 1.54) is 24.3 Å². The van der Waals surface area contributed by atoms with Crippen LogP contribution in [-0.2, 0) is 11.0 Å². The van der Waals surface area contributed by atoms with Crippen LogP contribution >= 0.6 is 0 Å². The zero-order chi connectivity index (χ0) is 32.6. The molecule has 1 amide bonds. The number of rotatable bonds is 8. The van der Waals surface area contributed by atoms with E-state index in [2.05, 4.69) is 33.8 Å². The summed E-state index contributed by atoms with van der Waals surface area (Å²) in [6.07, 6.45) is -5.84. The molecular weight excluding hydrogens is 609 g/mol. The first-order chi connectivity index (χ1) is 21.1. The van der Waals surface area contributed by atoms with E-state index in [-0.39, 0.29) is 28.6 Å². The van der Waals surface area contributed by atoms with Crippen molar-refractivity contribution in [3.63, 3.8) is 0 Å². The van der Waals surface area contributed by atoms with Gasteiger partial charge in [0.15, 0.2) is 6.61 Å². The Hall–Kier alpha value is -4.49. The van der Waals surface area contributed by atoms with Gasteiger partial charge in [-0.3, -0.25) is 4.79 Å². The van der Waals surface area contributed by atoms with E-state index < -0.39 is 36.4 Å².